The number of benzene rings is 1. The van der Waals surface area contributed by atoms with Crippen molar-refractivity contribution >= 4 is 41.8 Å². The predicted octanol–water partition coefficient (Wildman–Crippen LogP) is 9.79. The molecule has 0 radical (unpaired) electrons. The van der Waals surface area contributed by atoms with Crippen molar-refractivity contribution in [1.82, 2.24) is 0 Å². The van der Waals surface area contributed by atoms with Crippen LogP contribution in [-0.2, 0) is 52.5 Å². The lowest BCUT2D eigenvalue weighted by atomic mass is 9.69. The second kappa shape index (κ2) is 28.3. The van der Waals surface area contributed by atoms with Crippen molar-refractivity contribution in [1.29, 1.82) is 0 Å². The van der Waals surface area contributed by atoms with E-state index in [1.54, 1.807) is 6.07 Å². The first kappa shape index (κ1) is 53.0. The highest BCUT2D eigenvalue weighted by atomic mass is 16.6. The molecule has 370 valence electrons. The van der Waals surface area contributed by atoms with Crippen LogP contribution < -0.4 is 9.47 Å². The molecule has 14 nitrogen and oxygen atoms in total. The normalized spacial score (nSPS) is 25.0. The largest absolute Gasteiger partial charge is 0.465 e. The zero-order valence-corrected chi connectivity index (χ0v) is 39.7. The van der Waals surface area contributed by atoms with Crippen LogP contribution >= 0.6 is 0 Å². The lowest BCUT2D eigenvalue weighted by Gasteiger charge is -2.36. The minimum Gasteiger partial charge on any atom is -0.465 e. The third-order valence-corrected chi connectivity index (χ3v) is 14.5. The fourth-order valence-corrected chi connectivity index (χ4v) is 10.4. The van der Waals surface area contributed by atoms with Gasteiger partial charge in [0.2, 0.25) is 0 Å². The molecule has 0 amide bonds. The molecule has 67 heavy (non-hydrogen) atoms. The summed E-state index contributed by atoms with van der Waals surface area (Å²) >= 11 is 0. The Hall–Kier alpha value is -5.01. The summed E-state index contributed by atoms with van der Waals surface area (Å²) < 4.78 is 38.2. The van der Waals surface area contributed by atoms with Gasteiger partial charge in [0.25, 0.3) is 0 Å². The molecular weight excluding hydrogens is 861 g/mol. The van der Waals surface area contributed by atoms with Gasteiger partial charge in [-0.1, -0.05) is 26.5 Å². The van der Waals surface area contributed by atoms with Crippen molar-refractivity contribution in [2.75, 3.05) is 33.0 Å². The van der Waals surface area contributed by atoms with Crippen LogP contribution in [0.25, 0.3) is 0 Å². The highest BCUT2D eigenvalue weighted by Gasteiger charge is 2.38. The Morgan fingerprint density at radius 2 is 0.821 bits per heavy atom. The summed E-state index contributed by atoms with van der Waals surface area (Å²) in [5.41, 5.74) is 0.0440. The fraction of sp³-hybridized carbons (Fsp3) is 0.679. The van der Waals surface area contributed by atoms with Crippen LogP contribution in [0.4, 0.5) is 0 Å². The SMILES string of the molecule is C=CC(=O)OCCCCOC(=O)C1CCC(C2CCC(C(=O)Oc3ccc(OC(=O)C4CCC(C5CCC(C(=O)OCCCCOC(=O)C=C)CC5)CC4)c(C(=O)OCCCC)c3)CC2)CC1. The Balaban J connectivity index is 1.02. The minimum absolute atomic E-state index is 0.0440. The number of carbonyl (C=O) groups excluding carboxylic acids is 7. The van der Waals surface area contributed by atoms with E-state index in [2.05, 4.69) is 13.2 Å². The maximum Gasteiger partial charge on any atom is 0.342 e. The first-order chi connectivity index (χ1) is 32.5. The third-order valence-electron chi connectivity index (χ3n) is 14.5. The van der Waals surface area contributed by atoms with Crippen molar-refractivity contribution in [2.45, 2.75) is 148 Å². The van der Waals surface area contributed by atoms with E-state index in [-0.39, 0.29) is 78.5 Å². The van der Waals surface area contributed by atoms with Gasteiger partial charge < -0.3 is 33.2 Å². The Kier molecular flexibility index (Phi) is 22.4. The molecule has 0 saturated heterocycles. The van der Waals surface area contributed by atoms with E-state index >= 15 is 0 Å². The van der Waals surface area contributed by atoms with Crippen molar-refractivity contribution in [2.24, 2.45) is 47.3 Å². The van der Waals surface area contributed by atoms with Gasteiger partial charge in [0.1, 0.15) is 17.1 Å². The number of hydrogen-bond donors (Lipinski definition) is 0. The number of carbonyl (C=O) groups is 7. The van der Waals surface area contributed by atoms with Gasteiger partial charge in [-0.2, -0.15) is 0 Å². The average molecular weight is 935 g/mol. The van der Waals surface area contributed by atoms with Crippen molar-refractivity contribution in [3.63, 3.8) is 0 Å². The monoisotopic (exact) mass is 935 g/mol. The van der Waals surface area contributed by atoms with Gasteiger partial charge in [-0.3, -0.25) is 19.2 Å². The van der Waals surface area contributed by atoms with Crippen molar-refractivity contribution in [3.8, 4) is 11.5 Å². The van der Waals surface area contributed by atoms with Gasteiger partial charge >= 0.3 is 41.8 Å². The lowest BCUT2D eigenvalue weighted by Crippen LogP contribution is -2.32. The highest BCUT2D eigenvalue weighted by molar-refractivity contribution is 5.94. The Morgan fingerprint density at radius 3 is 1.21 bits per heavy atom. The summed E-state index contributed by atoms with van der Waals surface area (Å²) in [5.74, 6) is -1.15. The van der Waals surface area contributed by atoms with E-state index < -0.39 is 23.9 Å². The summed E-state index contributed by atoms with van der Waals surface area (Å²) in [6.07, 6.45) is 19.6. The standard InChI is InChI=1S/C53H74O14/c1-4-7-30-65-53(60)45-35-44(66-51(58)42-24-16-38(17-25-42)36-12-20-40(21-13-36)49(56)63-33-10-8-31-61-47(54)5-2)28-29-46(45)67-52(59)43-26-18-39(19-27-43)37-14-22-41(23-15-37)50(57)64-34-11-9-32-62-48(55)6-3/h5-6,28-29,35-43H,2-4,7-27,30-34H2,1H3. The molecule has 4 saturated carbocycles. The molecule has 0 bridgehead atoms. The third kappa shape index (κ3) is 17.2. The van der Waals surface area contributed by atoms with E-state index in [0.717, 1.165) is 95.6 Å². The molecule has 4 aliphatic rings. The quantitative estimate of drug-likeness (QED) is 0.0314. The Labute approximate surface area is 396 Å². The Bertz CT molecular complexity index is 1810. The molecule has 0 aromatic heterocycles. The molecule has 0 spiro atoms. The first-order valence-corrected chi connectivity index (χ1v) is 25.2. The number of ether oxygens (including phenoxy) is 7. The number of hydrogen-bond acceptors (Lipinski definition) is 14. The molecule has 4 fully saturated rings. The van der Waals surface area contributed by atoms with Gasteiger partial charge in [-0.15, -0.1) is 0 Å². The molecule has 1 aromatic carbocycles. The predicted molar refractivity (Wildman–Crippen MR) is 247 cm³/mol. The van der Waals surface area contributed by atoms with Crippen LogP contribution in [-0.4, -0.2) is 74.8 Å². The molecule has 5 rings (SSSR count). The van der Waals surface area contributed by atoms with Gasteiger partial charge in [0.05, 0.1) is 56.7 Å². The molecule has 0 N–H and O–H groups in total. The van der Waals surface area contributed by atoms with Crippen molar-refractivity contribution < 1.29 is 66.7 Å². The van der Waals surface area contributed by atoms with Gasteiger partial charge in [0, 0.05) is 12.2 Å². The van der Waals surface area contributed by atoms with Gasteiger partial charge in [-0.25, -0.2) is 14.4 Å². The molecule has 4 aliphatic carbocycles. The zero-order chi connectivity index (χ0) is 48.0. The summed E-state index contributed by atoms with van der Waals surface area (Å²) in [6.45, 7) is 10.1. The van der Waals surface area contributed by atoms with Gasteiger partial charge in [0.15, 0.2) is 0 Å². The summed E-state index contributed by atoms with van der Waals surface area (Å²) in [7, 11) is 0. The molecule has 14 heteroatoms. The minimum atomic E-state index is -0.642. The van der Waals surface area contributed by atoms with Crippen LogP contribution in [0.1, 0.15) is 159 Å². The highest BCUT2D eigenvalue weighted by Crippen LogP contribution is 2.44. The molecular formula is C53H74O14. The number of esters is 7. The summed E-state index contributed by atoms with van der Waals surface area (Å²) in [5, 5.41) is 0. The van der Waals surface area contributed by atoms with E-state index in [4.69, 9.17) is 33.2 Å². The van der Waals surface area contributed by atoms with E-state index in [0.29, 0.717) is 94.7 Å². The fourth-order valence-electron chi connectivity index (χ4n) is 10.4. The maximum absolute atomic E-state index is 13.6. The molecule has 0 heterocycles. The van der Waals surface area contributed by atoms with Crippen LogP contribution in [0, 0.1) is 47.3 Å². The summed E-state index contributed by atoms with van der Waals surface area (Å²) in [6, 6.07) is 4.52. The van der Waals surface area contributed by atoms with Crippen molar-refractivity contribution in [3.05, 3.63) is 49.1 Å². The van der Waals surface area contributed by atoms with Crippen LogP contribution in [0.5, 0.6) is 11.5 Å². The smallest absolute Gasteiger partial charge is 0.342 e. The Morgan fingerprint density at radius 1 is 0.463 bits per heavy atom. The second-order valence-electron chi connectivity index (χ2n) is 18.9. The van der Waals surface area contributed by atoms with Crippen LogP contribution in [0.2, 0.25) is 0 Å². The van der Waals surface area contributed by atoms with Crippen LogP contribution in [0.3, 0.4) is 0 Å². The molecule has 1 aromatic rings. The maximum atomic E-state index is 13.6. The number of unbranched alkanes of at least 4 members (excludes halogenated alkanes) is 3. The van der Waals surface area contributed by atoms with E-state index in [1.165, 1.54) is 12.1 Å². The second-order valence-corrected chi connectivity index (χ2v) is 18.9. The van der Waals surface area contributed by atoms with E-state index in [9.17, 15) is 33.6 Å². The zero-order valence-electron chi connectivity index (χ0n) is 39.7. The molecule has 0 atom stereocenters. The lowest BCUT2D eigenvalue weighted by molar-refractivity contribution is -0.151. The van der Waals surface area contributed by atoms with E-state index in [1.807, 2.05) is 6.92 Å². The average Bonchev–Trinajstić information content (AvgIpc) is 3.36. The molecule has 0 unspecified atom stereocenters. The topological polar surface area (TPSA) is 184 Å². The molecule has 0 aliphatic heterocycles. The van der Waals surface area contributed by atoms with Crippen LogP contribution in [0.15, 0.2) is 43.5 Å². The number of rotatable bonds is 24. The van der Waals surface area contributed by atoms with Gasteiger partial charge in [-0.05, 0) is 177 Å². The first-order valence-electron chi connectivity index (χ1n) is 25.2. The summed E-state index contributed by atoms with van der Waals surface area (Å²) in [4.78, 5) is 88.0.